The molecule has 1 saturated heterocycles. The first kappa shape index (κ1) is 19.5. The molecule has 0 aromatic rings. The standard InChI is InChI=1S/C18H33NO2S/c1-17(2,3)10-8-7-9-11-19-15(20)12-14(16(19)21)22-13-18(4,5)6/h14H,7-13H2,1-6H3. The zero-order valence-electron chi connectivity index (χ0n) is 15.2. The van der Waals surface area contributed by atoms with Gasteiger partial charge in [-0.3, -0.25) is 14.5 Å². The second kappa shape index (κ2) is 7.85. The van der Waals surface area contributed by atoms with E-state index in [1.807, 2.05) is 0 Å². The minimum Gasteiger partial charge on any atom is -0.282 e. The lowest BCUT2D eigenvalue weighted by atomic mass is 9.89. The fraction of sp³-hybridized carbons (Fsp3) is 0.889. The molecule has 1 aliphatic rings. The first-order chi connectivity index (χ1) is 9.99. The molecular weight excluding hydrogens is 294 g/mol. The van der Waals surface area contributed by atoms with Crippen molar-refractivity contribution in [1.29, 1.82) is 0 Å². The third kappa shape index (κ3) is 7.17. The third-order valence-corrected chi connectivity index (χ3v) is 5.53. The van der Waals surface area contributed by atoms with Crippen LogP contribution in [0.4, 0.5) is 0 Å². The molecule has 1 heterocycles. The van der Waals surface area contributed by atoms with Gasteiger partial charge in [0.2, 0.25) is 11.8 Å². The quantitative estimate of drug-likeness (QED) is 0.510. The van der Waals surface area contributed by atoms with E-state index in [-0.39, 0.29) is 22.5 Å². The van der Waals surface area contributed by atoms with Gasteiger partial charge in [-0.2, -0.15) is 0 Å². The summed E-state index contributed by atoms with van der Waals surface area (Å²) < 4.78 is 0. The Hall–Kier alpha value is -0.510. The number of imide groups is 1. The smallest absolute Gasteiger partial charge is 0.242 e. The zero-order chi connectivity index (χ0) is 17.0. The molecular formula is C18H33NO2S. The minimum atomic E-state index is -0.152. The lowest BCUT2D eigenvalue weighted by molar-refractivity contribution is -0.138. The lowest BCUT2D eigenvalue weighted by Gasteiger charge is -2.20. The Balaban J connectivity index is 2.33. The van der Waals surface area contributed by atoms with Crippen molar-refractivity contribution in [1.82, 2.24) is 4.90 Å². The molecule has 1 unspecified atom stereocenters. The number of hydrogen-bond donors (Lipinski definition) is 0. The summed E-state index contributed by atoms with van der Waals surface area (Å²) in [7, 11) is 0. The molecule has 1 rings (SSSR count). The van der Waals surface area contributed by atoms with Gasteiger partial charge in [0.25, 0.3) is 0 Å². The summed E-state index contributed by atoms with van der Waals surface area (Å²) in [6.45, 7) is 13.8. The van der Waals surface area contributed by atoms with Crippen LogP contribution in [0.1, 0.15) is 73.6 Å². The first-order valence-electron chi connectivity index (χ1n) is 8.45. The second-order valence-corrected chi connectivity index (χ2v) is 10.0. The summed E-state index contributed by atoms with van der Waals surface area (Å²) in [5.74, 6) is 0.970. The van der Waals surface area contributed by atoms with E-state index in [9.17, 15) is 9.59 Å². The topological polar surface area (TPSA) is 37.4 Å². The van der Waals surface area contributed by atoms with Crippen LogP contribution in [0, 0.1) is 10.8 Å². The van der Waals surface area contributed by atoms with Crippen molar-refractivity contribution in [2.45, 2.75) is 78.9 Å². The summed E-state index contributed by atoms with van der Waals surface area (Å²) in [5, 5.41) is -0.152. The minimum absolute atomic E-state index is 0.0206. The number of rotatable bonds is 7. The van der Waals surface area contributed by atoms with Gasteiger partial charge < -0.3 is 0 Å². The van der Waals surface area contributed by atoms with Crippen LogP contribution in [0.5, 0.6) is 0 Å². The SMILES string of the molecule is CC(C)(C)CCCCCN1C(=O)CC(SCC(C)(C)C)C1=O. The van der Waals surface area contributed by atoms with Crippen LogP contribution in [-0.4, -0.2) is 34.3 Å². The van der Waals surface area contributed by atoms with Gasteiger partial charge in [0.1, 0.15) is 0 Å². The van der Waals surface area contributed by atoms with Crippen molar-refractivity contribution in [3.8, 4) is 0 Å². The molecule has 2 amide bonds. The van der Waals surface area contributed by atoms with E-state index in [2.05, 4.69) is 41.5 Å². The fourth-order valence-electron chi connectivity index (χ4n) is 2.47. The zero-order valence-corrected chi connectivity index (χ0v) is 16.0. The summed E-state index contributed by atoms with van der Waals surface area (Å²) in [4.78, 5) is 25.9. The maximum absolute atomic E-state index is 12.3. The van der Waals surface area contributed by atoms with E-state index in [0.29, 0.717) is 18.4 Å². The van der Waals surface area contributed by atoms with Gasteiger partial charge >= 0.3 is 0 Å². The van der Waals surface area contributed by atoms with Crippen LogP contribution in [0.3, 0.4) is 0 Å². The average molecular weight is 328 g/mol. The number of thioether (sulfide) groups is 1. The maximum Gasteiger partial charge on any atom is 0.242 e. The second-order valence-electron chi connectivity index (χ2n) is 8.82. The molecule has 0 spiro atoms. The highest BCUT2D eigenvalue weighted by Crippen LogP contribution is 2.30. The molecule has 0 aliphatic carbocycles. The van der Waals surface area contributed by atoms with E-state index in [1.165, 1.54) is 17.7 Å². The Morgan fingerprint density at radius 3 is 2.18 bits per heavy atom. The Morgan fingerprint density at radius 1 is 1.00 bits per heavy atom. The van der Waals surface area contributed by atoms with E-state index in [1.54, 1.807) is 11.8 Å². The molecule has 0 N–H and O–H groups in total. The summed E-state index contributed by atoms with van der Waals surface area (Å²) in [6.07, 6.45) is 4.78. The Labute approximate surface area is 140 Å². The van der Waals surface area contributed by atoms with Crippen LogP contribution in [0.25, 0.3) is 0 Å². The Bertz CT molecular complexity index is 393. The molecule has 1 aliphatic heterocycles. The molecule has 1 atom stereocenters. The number of unbranched alkanes of at least 4 members (excludes halogenated alkanes) is 2. The number of nitrogens with zero attached hydrogens (tertiary/aromatic N) is 1. The lowest BCUT2D eigenvalue weighted by Crippen LogP contribution is -2.32. The largest absolute Gasteiger partial charge is 0.282 e. The van der Waals surface area contributed by atoms with Gasteiger partial charge in [-0.05, 0) is 29.4 Å². The van der Waals surface area contributed by atoms with Gasteiger partial charge in [-0.15, -0.1) is 11.8 Å². The number of hydrogen-bond acceptors (Lipinski definition) is 3. The molecule has 0 aromatic heterocycles. The molecule has 0 bridgehead atoms. The number of carbonyl (C=O) groups excluding carboxylic acids is 2. The molecule has 128 valence electrons. The normalized spacial score (nSPS) is 20.1. The van der Waals surface area contributed by atoms with Crippen LogP contribution in [-0.2, 0) is 9.59 Å². The third-order valence-electron chi connectivity index (χ3n) is 3.73. The predicted molar refractivity (Wildman–Crippen MR) is 95.0 cm³/mol. The van der Waals surface area contributed by atoms with Crippen molar-refractivity contribution in [2.75, 3.05) is 12.3 Å². The molecule has 3 nitrogen and oxygen atoms in total. The van der Waals surface area contributed by atoms with E-state index < -0.39 is 0 Å². The van der Waals surface area contributed by atoms with Crippen LogP contribution in [0.15, 0.2) is 0 Å². The van der Waals surface area contributed by atoms with Gasteiger partial charge in [0.05, 0.1) is 5.25 Å². The van der Waals surface area contributed by atoms with Crippen molar-refractivity contribution < 1.29 is 9.59 Å². The highest BCUT2D eigenvalue weighted by atomic mass is 32.2. The monoisotopic (exact) mass is 327 g/mol. The van der Waals surface area contributed by atoms with Crippen molar-refractivity contribution in [3.63, 3.8) is 0 Å². The Kier molecular flexibility index (Phi) is 6.97. The summed E-state index contributed by atoms with van der Waals surface area (Å²) in [5.41, 5.74) is 0.558. The number of likely N-dealkylation sites (tertiary alicyclic amines) is 1. The van der Waals surface area contributed by atoms with Crippen LogP contribution >= 0.6 is 11.8 Å². The van der Waals surface area contributed by atoms with Crippen molar-refractivity contribution >= 4 is 23.6 Å². The van der Waals surface area contributed by atoms with E-state index in [0.717, 1.165) is 18.6 Å². The molecule has 4 heteroatoms. The maximum atomic E-state index is 12.3. The molecule has 0 saturated carbocycles. The Morgan fingerprint density at radius 2 is 1.64 bits per heavy atom. The van der Waals surface area contributed by atoms with Crippen LogP contribution in [0.2, 0.25) is 0 Å². The molecule has 0 aromatic carbocycles. The highest BCUT2D eigenvalue weighted by molar-refractivity contribution is 8.00. The van der Waals surface area contributed by atoms with E-state index >= 15 is 0 Å². The molecule has 0 radical (unpaired) electrons. The first-order valence-corrected chi connectivity index (χ1v) is 9.50. The summed E-state index contributed by atoms with van der Waals surface area (Å²) in [6, 6.07) is 0. The van der Waals surface area contributed by atoms with E-state index in [4.69, 9.17) is 0 Å². The molecule has 1 fully saturated rings. The van der Waals surface area contributed by atoms with Crippen molar-refractivity contribution in [2.24, 2.45) is 10.8 Å². The summed E-state index contributed by atoms with van der Waals surface area (Å²) >= 11 is 1.64. The predicted octanol–water partition coefficient (Wildman–Crippen LogP) is 4.50. The van der Waals surface area contributed by atoms with Crippen LogP contribution < -0.4 is 0 Å². The van der Waals surface area contributed by atoms with Gasteiger partial charge in [-0.25, -0.2) is 0 Å². The van der Waals surface area contributed by atoms with Crippen molar-refractivity contribution in [3.05, 3.63) is 0 Å². The van der Waals surface area contributed by atoms with Gasteiger partial charge in [-0.1, -0.05) is 54.4 Å². The number of amides is 2. The van der Waals surface area contributed by atoms with Gasteiger partial charge in [0.15, 0.2) is 0 Å². The fourth-order valence-corrected chi connectivity index (χ4v) is 3.70. The average Bonchev–Trinajstić information content (AvgIpc) is 2.60. The number of carbonyl (C=O) groups is 2. The van der Waals surface area contributed by atoms with Gasteiger partial charge in [0, 0.05) is 13.0 Å². The highest BCUT2D eigenvalue weighted by Gasteiger charge is 2.38. The molecule has 22 heavy (non-hydrogen) atoms.